The molecule has 18 heavy (non-hydrogen) atoms. The molecule has 0 aliphatic heterocycles. The average molecular weight is 243 g/mol. The highest BCUT2D eigenvalue weighted by molar-refractivity contribution is 5.23. The lowest BCUT2D eigenvalue weighted by atomic mass is 10.1. The molecule has 0 radical (unpaired) electrons. The van der Waals surface area contributed by atoms with E-state index in [0.29, 0.717) is 6.04 Å². The van der Waals surface area contributed by atoms with Gasteiger partial charge in [-0.15, -0.1) is 0 Å². The second-order valence-electron chi connectivity index (χ2n) is 4.73. The fraction of sp³-hybridized carbons (Fsp3) is 0.400. The second-order valence-corrected chi connectivity index (χ2v) is 4.73. The van der Waals surface area contributed by atoms with E-state index < -0.39 is 0 Å². The van der Waals surface area contributed by atoms with Crippen LogP contribution in [-0.4, -0.2) is 16.5 Å². The van der Waals surface area contributed by atoms with E-state index in [1.54, 1.807) is 6.20 Å². The highest BCUT2D eigenvalue weighted by Gasteiger charge is 2.03. The molecular formula is C15H21N3. The van der Waals surface area contributed by atoms with Gasteiger partial charge in [0.2, 0.25) is 0 Å². The molecule has 0 amide bonds. The molecule has 1 aromatic carbocycles. The van der Waals surface area contributed by atoms with Gasteiger partial charge in [0.05, 0.1) is 0 Å². The molecule has 96 valence electrons. The van der Waals surface area contributed by atoms with Crippen molar-refractivity contribution in [1.82, 2.24) is 15.3 Å². The smallest absolute Gasteiger partial charge is 0.106 e. The Kier molecular flexibility index (Phi) is 4.53. The number of benzene rings is 1. The molecule has 2 rings (SSSR count). The van der Waals surface area contributed by atoms with Crippen molar-refractivity contribution in [2.24, 2.45) is 0 Å². The molecule has 2 aromatic rings. The molecule has 1 unspecified atom stereocenters. The van der Waals surface area contributed by atoms with Gasteiger partial charge in [-0.1, -0.05) is 29.8 Å². The lowest BCUT2D eigenvalue weighted by Gasteiger charge is -2.14. The summed E-state index contributed by atoms with van der Waals surface area (Å²) in [7, 11) is 0. The van der Waals surface area contributed by atoms with Crippen molar-refractivity contribution >= 4 is 0 Å². The Hall–Kier alpha value is -1.61. The first kappa shape index (κ1) is 12.8. The van der Waals surface area contributed by atoms with E-state index in [0.717, 1.165) is 25.2 Å². The molecule has 0 bridgehead atoms. The lowest BCUT2D eigenvalue weighted by molar-refractivity contribution is 0.555. The Morgan fingerprint density at radius 3 is 2.72 bits per heavy atom. The molecule has 3 nitrogen and oxygen atoms in total. The minimum atomic E-state index is 0.405. The number of rotatable bonds is 6. The molecule has 0 aliphatic rings. The third-order valence-electron chi connectivity index (χ3n) is 3.17. The molecule has 0 spiro atoms. The molecule has 0 saturated carbocycles. The van der Waals surface area contributed by atoms with Crippen LogP contribution in [-0.2, 0) is 6.42 Å². The number of aromatic nitrogens is 2. The van der Waals surface area contributed by atoms with Gasteiger partial charge in [0.15, 0.2) is 0 Å². The first-order valence-electron chi connectivity index (χ1n) is 6.54. The Labute approximate surface area is 109 Å². The number of aryl methyl sites for hydroxylation is 2. The summed E-state index contributed by atoms with van der Waals surface area (Å²) in [6.45, 7) is 5.33. The Morgan fingerprint density at radius 2 is 2.06 bits per heavy atom. The molecular weight excluding hydrogens is 222 g/mol. The topological polar surface area (TPSA) is 40.7 Å². The molecule has 1 atom stereocenters. The van der Waals surface area contributed by atoms with Gasteiger partial charge in [-0.25, -0.2) is 4.98 Å². The number of hydrogen-bond acceptors (Lipinski definition) is 2. The van der Waals surface area contributed by atoms with Crippen LogP contribution in [0, 0.1) is 6.92 Å². The fourth-order valence-corrected chi connectivity index (χ4v) is 1.98. The summed E-state index contributed by atoms with van der Waals surface area (Å²) in [4.78, 5) is 7.34. The second kappa shape index (κ2) is 6.36. The summed E-state index contributed by atoms with van der Waals surface area (Å²) in [5.41, 5.74) is 2.65. The maximum absolute atomic E-state index is 4.22. The van der Waals surface area contributed by atoms with Crippen molar-refractivity contribution in [3.8, 4) is 0 Å². The van der Waals surface area contributed by atoms with E-state index in [1.807, 2.05) is 6.20 Å². The average Bonchev–Trinajstić information content (AvgIpc) is 2.88. The minimum absolute atomic E-state index is 0.405. The highest BCUT2D eigenvalue weighted by atomic mass is 14.9. The molecule has 0 aliphatic carbocycles. The number of nitrogens with one attached hydrogen (secondary N) is 2. The van der Waals surface area contributed by atoms with Crippen molar-refractivity contribution in [3.63, 3.8) is 0 Å². The number of H-pyrrole nitrogens is 1. The predicted octanol–water partition coefficient (Wildman–Crippen LogP) is 3.00. The van der Waals surface area contributed by atoms with Gasteiger partial charge in [0.1, 0.15) is 5.82 Å². The Bertz CT molecular complexity index is 445. The number of aromatic amines is 1. The SMILES string of the molecule is Cc1ccc(C(C)NCCCc2ncc[nH]2)cc1. The minimum Gasteiger partial charge on any atom is -0.349 e. The van der Waals surface area contributed by atoms with Gasteiger partial charge >= 0.3 is 0 Å². The van der Waals surface area contributed by atoms with Gasteiger partial charge in [-0.2, -0.15) is 0 Å². The number of hydrogen-bond donors (Lipinski definition) is 2. The van der Waals surface area contributed by atoms with E-state index in [2.05, 4.69) is 53.4 Å². The predicted molar refractivity (Wildman–Crippen MR) is 74.5 cm³/mol. The lowest BCUT2D eigenvalue weighted by Crippen LogP contribution is -2.20. The molecule has 1 aromatic heterocycles. The van der Waals surface area contributed by atoms with Crippen molar-refractivity contribution < 1.29 is 0 Å². The third-order valence-corrected chi connectivity index (χ3v) is 3.17. The summed E-state index contributed by atoms with van der Waals surface area (Å²) in [5.74, 6) is 1.07. The summed E-state index contributed by atoms with van der Waals surface area (Å²) in [6.07, 6.45) is 5.78. The standard InChI is InChI=1S/C15H21N3/c1-12-5-7-14(8-6-12)13(2)16-9-3-4-15-17-10-11-18-15/h5-8,10-11,13,16H,3-4,9H2,1-2H3,(H,17,18). The Morgan fingerprint density at radius 1 is 1.28 bits per heavy atom. The molecule has 1 heterocycles. The van der Waals surface area contributed by atoms with Crippen LogP contribution in [0.15, 0.2) is 36.7 Å². The van der Waals surface area contributed by atoms with E-state index in [1.165, 1.54) is 11.1 Å². The van der Waals surface area contributed by atoms with Gasteiger partial charge in [0, 0.05) is 24.9 Å². The number of nitrogens with zero attached hydrogens (tertiary/aromatic N) is 1. The first-order chi connectivity index (χ1) is 8.75. The third kappa shape index (κ3) is 3.70. The highest BCUT2D eigenvalue weighted by Crippen LogP contribution is 2.12. The van der Waals surface area contributed by atoms with E-state index >= 15 is 0 Å². The monoisotopic (exact) mass is 243 g/mol. The zero-order chi connectivity index (χ0) is 12.8. The van der Waals surface area contributed by atoms with Gasteiger partial charge in [0.25, 0.3) is 0 Å². The molecule has 2 N–H and O–H groups in total. The largest absolute Gasteiger partial charge is 0.349 e. The zero-order valence-electron chi connectivity index (χ0n) is 11.1. The van der Waals surface area contributed by atoms with Crippen LogP contribution in [0.3, 0.4) is 0 Å². The van der Waals surface area contributed by atoms with Crippen LogP contribution in [0.4, 0.5) is 0 Å². The quantitative estimate of drug-likeness (QED) is 0.766. The normalized spacial score (nSPS) is 12.6. The maximum atomic E-state index is 4.22. The van der Waals surface area contributed by atoms with E-state index in [9.17, 15) is 0 Å². The summed E-state index contributed by atoms with van der Waals surface area (Å²) in [6, 6.07) is 9.12. The first-order valence-corrected chi connectivity index (χ1v) is 6.54. The van der Waals surface area contributed by atoms with Crippen LogP contribution in [0.25, 0.3) is 0 Å². The van der Waals surface area contributed by atoms with Crippen molar-refractivity contribution in [2.45, 2.75) is 32.7 Å². The van der Waals surface area contributed by atoms with E-state index in [-0.39, 0.29) is 0 Å². The number of imidazole rings is 1. The summed E-state index contributed by atoms with van der Waals surface area (Å²) in [5, 5.41) is 3.54. The van der Waals surface area contributed by atoms with Gasteiger partial charge < -0.3 is 10.3 Å². The Balaban J connectivity index is 1.71. The van der Waals surface area contributed by atoms with Crippen molar-refractivity contribution in [2.75, 3.05) is 6.54 Å². The molecule has 0 fully saturated rings. The molecule has 3 heteroatoms. The van der Waals surface area contributed by atoms with Crippen LogP contribution >= 0.6 is 0 Å². The zero-order valence-corrected chi connectivity index (χ0v) is 11.1. The van der Waals surface area contributed by atoms with Crippen LogP contribution in [0.2, 0.25) is 0 Å². The fourth-order valence-electron chi connectivity index (χ4n) is 1.98. The van der Waals surface area contributed by atoms with Crippen molar-refractivity contribution in [3.05, 3.63) is 53.6 Å². The van der Waals surface area contributed by atoms with Gasteiger partial charge in [-0.05, 0) is 32.4 Å². The summed E-state index contributed by atoms with van der Waals surface area (Å²) >= 11 is 0. The summed E-state index contributed by atoms with van der Waals surface area (Å²) < 4.78 is 0. The molecule has 0 saturated heterocycles. The van der Waals surface area contributed by atoms with Crippen LogP contribution < -0.4 is 5.32 Å². The van der Waals surface area contributed by atoms with Gasteiger partial charge in [-0.3, -0.25) is 0 Å². The van der Waals surface area contributed by atoms with Crippen molar-refractivity contribution in [1.29, 1.82) is 0 Å². The van der Waals surface area contributed by atoms with Crippen LogP contribution in [0.5, 0.6) is 0 Å². The maximum Gasteiger partial charge on any atom is 0.106 e. The van der Waals surface area contributed by atoms with E-state index in [4.69, 9.17) is 0 Å². The van der Waals surface area contributed by atoms with Crippen LogP contribution in [0.1, 0.15) is 36.3 Å².